The summed E-state index contributed by atoms with van der Waals surface area (Å²) in [6.07, 6.45) is 0. The summed E-state index contributed by atoms with van der Waals surface area (Å²) >= 11 is 7.55. The summed E-state index contributed by atoms with van der Waals surface area (Å²) in [4.78, 5) is 1.21. The number of hydrogen-bond acceptors (Lipinski definition) is 4. The summed E-state index contributed by atoms with van der Waals surface area (Å²) in [6.45, 7) is 3.25. The van der Waals surface area contributed by atoms with E-state index in [1.165, 1.54) is 4.88 Å². The number of thiophene rings is 1. The number of hydrogen-bond donors (Lipinski definition) is 1. The lowest BCUT2D eigenvalue weighted by Gasteiger charge is -2.14. The van der Waals surface area contributed by atoms with Crippen LogP contribution in [0.5, 0.6) is 5.75 Å². The Morgan fingerprint density at radius 1 is 1.25 bits per heavy atom. The van der Waals surface area contributed by atoms with Gasteiger partial charge in [0.1, 0.15) is 12.4 Å². The van der Waals surface area contributed by atoms with Crippen molar-refractivity contribution in [3.63, 3.8) is 0 Å². The number of benzene rings is 1. The lowest BCUT2D eigenvalue weighted by molar-refractivity contribution is 0.146. The molecule has 1 unspecified atom stereocenters. The van der Waals surface area contributed by atoms with Crippen LogP contribution in [0.4, 0.5) is 5.69 Å². The van der Waals surface area contributed by atoms with Gasteiger partial charge in [-0.3, -0.25) is 0 Å². The predicted octanol–water partition coefficient (Wildman–Crippen LogP) is 4.60. The molecule has 0 fully saturated rings. The highest BCUT2D eigenvalue weighted by Gasteiger charge is 2.08. The van der Waals surface area contributed by atoms with Gasteiger partial charge in [-0.15, -0.1) is 11.3 Å². The van der Waals surface area contributed by atoms with Crippen LogP contribution in [0.15, 0.2) is 36.4 Å². The molecule has 1 atom stereocenters. The van der Waals surface area contributed by atoms with Gasteiger partial charge in [-0.25, -0.2) is 0 Å². The average molecular weight is 312 g/mol. The van der Waals surface area contributed by atoms with E-state index in [9.17, 15) is 0 Å². The second kappa shape index (κ2) is 7.53. The molecule has 3 nitrogen and oxygen atoms in total. The molecule has 5 heteroatoms. The fourth-order valence-electron chi connectivity index (χ4n) is 1.80. The van der Waals surface area contributed by atoms with Gasteiger partial charge in [0, 0.05) is 23.7 Å². The van der Waals surface area contributed by atoms with Crippen molar-refractivity contribution in [2.45, 2.75) is 13.0 Å². The third-order valence-electron chi connectivity index (χ3n) is 2.79. The van der Waals surface area contributed by atoms with Gasteiger partial charge in [0.15, 0.2) is 0 Å². The van der Waals surface area contributed by atoms with Crippen LogP contribution < -0.4 is 10.1 Å². The molecule has 0 amide bonds. The van der Waals surface area contributed by atoms with Crippen molar-refractivity contribution >= 4 is 28.6 Å². The molecule has 1 aromatic carbocycles. The number of anilines is 1. The molecule has 0 aliphatic heterocycles. The second-order valence-electron chi connectivity index (χ2n) is 4.38. The fraction of sp³-hybridized carbons (Fsp3) is 0.333. The highest BCUT2D eigenvalue weighted by atomic mass is 35.5. The van der Waals surface area contributed by atoms with Crippen molar-refractivity contribution in [2.75, 3.05) is 25.6 Å². The Morgan fingerprint density at radius 3 is 2.80 bits per heavy atom. The molecule has 1 heterocycles. The first-order chi connectivity index (χ1) is 9.69. The maximum absolute atomic E-state index is 5.96. The minimum absolute atomic E-state index is 0.210. The smallest absolute Gasteiger partial charge is 0.121 e. The summed E-state index contributed by atoms with van der Waals surface area (Å²) in [5.41, 5.74) is 1.02. The summed E-state index contributed by atoms with van der Waals surface area (Å²) in [7, 11) is 1.66. The van der Waals surface area contributed by atoms with E-state index in [-0.39, 0.29) is 6.04 Å². The molecule has 2 rings (SSSR count). The fourth-order valence-corrected chi connectivity index (χ4v) is 2.86. The van der Waals surface area contributed by atoms with Crippen molar-refractivity contribution in [3.8, 4) is 5.75 Å². The SMILES string of the molecule is COCCOc1cccc(NC(C)c2ccc(Cl)s2)c1. The van der Waals surface area contributed by atoms with Gasteiger partial charge < -0.3 is 14.8 Å². The lowest BCUT2D eigenvalue weighted by atomic mass is 10.2. The van der Waals surface area contributed by atoms with Crippen LogP contribution in [-0.4, -0.2) is 20.3 Å². The Kier molecular flexibility index (Phi) is 5.71. The number of ether oxygens (including phenoxy) is 2. The van der Waals surface area contributed by atoms with E-state index in [2.05, 4.69) is 12.2 Å². The van der Waals surface area contributed by atoms with Crippen LogP contribution >= 0.6 is 22.9 Å². The standard InChI is InChI=1S/C15H18ClNO2S/c1-11(14-6-7-15(16)20-14)17-12-4-3-5-13(10-12)19-9-8-18-2/h3-7,10-11,17H,8-9H2,1-2H3. The molecule has 0 radical (unpaired) electrons. The van der Waals surface area contributed by atoms with E-state index >= 15 is 0 Å². The van der Waals surface area contributed by atoms with E-state index in [0.717, 1.165) is 15.8 Å². The molecule has 0 aliphatic rings. The Labute approximate surface area is 128 Å². The van der Waals surface area contributed by atoms with Crippen molar-refractivity contribution in [2.24, 2.45) is 0 Å². The van der Waals surface area contributed by atoms with Gasteiger partial charge >= 0.3 is 0 Å². The van der Waals surface area contributed by atoms with E-state index in [1.807, 2.05) is 36.4 Å². The average Bonchev–Trinajstić information content (AvgIpc) is 2.86. The van der Waals surface area contributed by atoms with Crippen molar-refractivity contribution in [3.05, 3.63) is 45.6 Å². The van der Waals surface area contributed by atoms with Gasteiger partial charge in [-0.1, -0.05) is 17.7 Å². The molecule has 2 aromatic rings. The van der Waals surface area contributed by atoms with Gasteiger partial charge in [0.2, 0.25) is 0 Å². The first-order valence-corrected chi connectivity index (χ1v) is 7.62. The maximum Gasteiger partial charge on any atom is 0.121 e. The third kappa shape index (κ3) is 4.40. The molecular weight excluding hydrogens is 294 g/mol. The number of methoxy groups -OCH3 is 1. The molecule has 20 heavy (non-hydrogen) atoms. The highest BCUT2D eigenvalue weighted by molar-refractivity contribution is 7.16. The van der Waals surface area contributed by atoms with Crippen LogP contribution in [0.2, 0.25) is 4.34 Å². The zero-order valence-electron chi connectivity index (χ0n) is 11.6. The van der Waals surface area contributed by atoms with Crippen molar-refractivity contribution in [1.29, 1.82) is 0 Å². The maximum atomic E-state index is 5.96. The van der Waals surface area contributed by atoms with E-state index in [1.54, 1.807) is 18.4 Å². The predicted molar refractivity (Wildman–Crippen MR) is 85.2 cm³/mol. The van der Waals surface area contributed by atoms with Crippen LogP contribution in [-0.2, 0) is 4.74 Å². The molecule has 0 aliphatic carbocycles. The molecule has 0 bridgehead atoms. The molecule has 0 spiro atoms. The third-order valence-corrected chi connectivity index (χ3v) is 4.21. The molecular formula is C15H18ClNO2S. The zero-order valence-corrected chi connectivity index (χ0v) is 13.1. The largest absolute Gasteiger partial charge is 0.491 e. The number of nitrogens with one attached hydrogen (secondary N) is 1. The molecule has 0 saturated carbocycles. The van der Waals surface area contributed by atoms with E-state index < -0.39 is 0 Å². The highest BCUT2D eigenvalue weighted by Crippen LogP contribution is 2.29. The topological polar surface area (TPSA) is 30.5 Å². The zero-order chi connectivity index (χ0) is 14.4. The van der Waals surface area contributed by atoms with Crippen LogP contribution in [0.3, 0.4) is 0 Å². The Bertz CT molecular complexity index is 544. The van der Waals surface area contributed by atoms with Crippen molar-refractivity contribution < 1.29 is 9.47 Å². The Balaban J connectivity index is 1.96. The monoisotopic (exact) mass is 311 g/mol. The molecule has 0 saturated heterocycles. The Morgan fingerprint density at radius 2 is 2.10 bits per heavy atom. The summed E-state index contributed by atoms with van der Waals surface area (Å²) in [6, 6.07) is 12.1. The first-order valence-electron chi connectivity index (χ1n) is 6.42. The summed E-state index contributed by atoms with van der Waals surface area (Å²) in [5.74, 6) is 0.837. The van der Waals surface area contributed by atoms with Crippen LogP contribution in [0, 0.1) is 0 Å². The summed E-state index contributed by atoms with van der Waals surface area (Å²) < 4.78 is 11.4. The minimum Gasteiger partial charge on any atom is -0.491 e. The van der Waals surface area contributed by atoms with E-state index in [0.29, 0.717) is 13.2 Å². The van der Waals surface area contributed by atoms with Gasteiger partial charge in [-0.2, -0.15) is 0 Å². The van der Waals surface area contributed by atoms with Gasteiger partial charge in [0.25, 0.3) is 0 Å². The lowest BCUT2D eigenvalue weighted by Crippen LogP contribution is -2.06. The first kappa shape index (κ1) is 15.2. The molecule has 1 N–H and O–H groups in total. The minimum atomic E-state index is 0.210. The number of halogens is 1. The van der Waals surface area contributed by atoms with Crippen LogP contribution in [0.1, 0.15) is 17.8 Å². The summed E-state index contributed by atoms with van der Waals surface area (Å²) in [5, 5.41) is 3.44. The quantitative estimate of drug-likeness (QED) is 0.758. The van der Waals surface area contributed by atoms with Crippen molar-refractivity contribution in [1.82, 2.24) is 0 Å². The van der Waals surface area contributed by atoms with Crippen LogP contribution in [0.25, 0.3) is 0 Å². The van der Waals surface area contributed by atoms with E-state index in [4.69, 9.17) is 21.1 Å². The Hall–Kier alpha value is -1.23. The molecule has 108 valence electrons. The van der Waals surface area contributed by atoms with Gasteiger partial charge in [-0.05, 0) is 31.2 Å². The molecule has 1 aromatic heterocycles. The number of rotatable bonds is 7. The normalized spacial score (nSPS) is 12.2. The second-order valence-corrected chi connectivity index (χ2v) is 6.12. The van der Waals surface area contributed by atoms with Gasteiger partial charge in [0.05, 0.1) is 17.0 Å².